The zero-order valence-electron chi connectivity index (χ0n) is 21.2. The van der Waals surface area contributed by atoms with Gasteiger partial charge in [0.1, 0.15) is 11.4 Å². The Balaban J connectivity index is 1.38. The zero-order valence-corrected chi connectivity index (χ0v) is 21.9. The molecule has 1 atom stereocenters. The van der Waals surface area contributed by atoms with Gasteiger partial charge in [0.15, 0.2) is 0 Å². The van der Waals surface area contributed by atoms with Crippen LogP contribution in [0.3, 0.4) is 0 Å². The fourth-order valence-corrected chi connectivity index (χ4v) is 5.10. The Morgan fingerprint density at radius 2 is 2.03 bits per heavy atom. The van der Waals surface area contributed by atoms with Gasteiger partial charge in [0.2, 0.25) is 0 Å². The molecule has 0 spiro atoms. The number of nitrogens with zero attached hydrogens (tertiary/aromatic N) is 4. The zero-order chi connectivity index (χ0) is 26.6. The van der Waals surface area contributed by atoms with Crippen molar-refractivity contribution in [1.82, 2.24) is 19.9 Å². The van der Waals surface area contributed by atoms with E-state index in [9.17, 15) is 9.90 Å². The van der Waals surface area contributed by atoms with Crippen molar-refractivity contribution in [3.63, 3.8) is 0 Å². The maximum absolute atomic E-state index is 12.9. The summed E-state index contributed by atoms with van der Waals surface area (Å²) < 4.78 is 0. The first-order valence-corrected chi connectivity index (χ1v) is 13.0. The number of aryl methyl sites for hydroxylation is 1. The number of aliphatic hydroxyl groups is 1. The van der Waals surface area contributed by atoms with Crippen LogP contribution in [0.5, 0.6) is 0 Å². The number of aromatic amines is 2. The van der Waals surface area contributed by atoms with Crippen molar-refractivity contribution in [2.24, 2.45) is 0 Å². The lowest BCUT2D eigenvalue weighted by Gasteiger charge is -2.35. The minimum Gasteiger partial charge on any atom is -0.387 e. The average Bonchev–Trinajstić information content (AvgIpc) is 3.35. The number of anilines is 2. The van der Waals surface area contributed by atoms with Gasteiger partial charge in [-0.2, -0.15) is 5.26 Å². The smallest absolute Gasteiger partial charge is 0.261 e. The summed E-state index contributed by atoms with van der Waals surface area (Å²) in [7, 11) is 0. The van der Waals surface area contributed by atoms with Gasteiger partial charge in [0, 0.05) is 62.6 Å². The van der Waals surface area contributed by atoms with Crippen LogP contribution in [0.25, 0.3) is 22.4 Å². The lowest BCUT2D eigenvalue weighted by atomic mass is 10.1. The summed E-state index contributed by atoms with van der Waals surface area (Å²) in [6.45, 7) is 6.64. The van der Waals surface area contributed by atoms with E-state index in [2.05, 4.69) is 43.3 Å². The van der Waals surface area contributed by atoms with Crippen LogP contribution in [0.4, 0.5) is 11.4 Å². The SMILES string of the molecule is Cc1cc(N2CCN(CCC#N)CC2)cc2nc(-c3c(NCC(O)c4cccc(Cl)c4)cc[nH]c3=O)[nH]c12. The van der Waals surface area contributed by atoms with Crippen LogP contribution >= 0.6 is 11.6 Å². The molecule has 196 valence electrons. The number of H-pyrrole nitrogens is 2. The average molecular weight is 532 g/mol. The number of halogens is 1. The van der Waals surface area contributed by atoms with Crippen LogP contribution in [0.2, 0.25) is 5.02 Å². The Morgan fingerprint density at radius 1 is 1.21 bits per heavy atom. The van der Waals surface area contributed by atoms with Gasteiger partial charge in [-0.1, -0.05) is 23.7 Å². The minimum absolute atomic E-state index is 0.195. The van der Waals surface area contributed by atoms with E-state index in [0.717, 1.165) is 55.0 Å². The highest BCUT2D eigenvalue weighted by molar-refractivity contribution is 6.30. The monoisotopic (exact) mass is 531 g/mol. The summed E-state index contributed by atoms with van der Waals surface area (Å²) in [5, 5.41) is 23.3. The van der Waals surface area contributed by atoms with Crippen molar-refractivity contribution in [1.29, 1.82) is 5.26 Å². The van der Waals surface area contributed by atoms with Gasteiger partial charge in [0.05, 0.1) is 28.9 Å². The number of aromatic nitrogens is 3. The van der Waals surface area contributed by atoms with Crippen molar-refractivity contribution in [3.8, 4) is 17.5 Å². The van der Waals surface area contributed by atoms with E-state index in [1.54, 1.807) is 30.5 Å². The number of aliphatic hydroxyl groups excluding tert-OH is 1. The van der Waals surface area contributed by atoms with Gasteiger partial charge in [-0.3, -0.25) is 9.69 Å². The van der Waals surface area contributed by atoms with Crippen molar-refractivity contribution < 1.29 is 5.11 Å². The number of nitriles is 1. The lowest BCUT2D eigenvalue weighted by molar-refractivity contribution is 0.191. The molecule has 1 aliphatic rings. The Bertz CT molecular complexity index is 1530. The van der Waals surface area contributed by atoms with Gasteiger partial charge >= 0.3 is 0 Å². The van der Waals surface area contributed by atoms with Crippen molar-refractivity contribution in [2.45, 2.75) is 19.4 Å². The maximum Gasteiger partial charge on any atom is 0.261 e. The highest BCUT2D eigenvalue weighted by atomic mass is 35.5. The molecule has 0 bridgehead atoms. The van der Waals surface area contributed by atoms with Crippen molar-refractivity contribution in [2.75, 3.05) is 49.5 Å². The molecule has 3 heterocycles. The number of hydrogen-bond donors (Lipinski definition) is 4. The number of pyridine rings is 1. The Labute approximate surface area is 225 Å². The fraction of sp³-hybridized carbons (Fsp3) is 0.321. The summed E-state index contributed by atoms with van der Waals surface area (Å²) in [5.41, 5.74) is 5.17. The molecule has 9 nitrogen and oxygen atoms in total. The fourth-order valence-electron chi connectivity index (χ4n) is 4.91. The molecule has 1 fully saturated rings. The summed E-state index contributed by atoms with van der Waals surface area (Å²) in [5.74, 6) is 0.461. The van der Waals surface area contributed by atoms with Gasteiger partial charge in [-0.05, 0) is 48.4 Å². The molecule has 4 aromatic rings. The second kappa shape index (κ2) is 11.3. The largest absolute Gasteiger partial charge is 0.387 e. The van der Waals surface area contributed by atoms with E-state index >= 15 is 0 Å². The minimum atomic E-state index is -0.804. The third-order valence-corrected chi connectivity index (χ3v) is 7.20. The molecule has 1 unspecified atom stereocenters. The van der Waals surface area contributed by atoms with E-state index in [4.69, 9.17) is 21.8 Å². The maximum atomic E-state index is 12.9. The number of rotatable bonds is 8. The molecule has 0 amide bonds. The summed E-state index contributed by atoms with van der Waals surface area (Å²) in [6, 6.07) is 15.3. The second-order valence-electron chi connectivity index (χ2n) is 9.53. The third kappa shape index (κ3) is 5.53. The number of benzene rings is 2. The summed E-state index contributed by atoms with van der Waals surface area (Å²) in [4.78, 5) is 28.4. The first-order chi connectivity index (χ1) is 18.4. The number of hydrogen-bond acceptors (Lipinski definition) is 7. The van der Waals surface area contributed by atoms with Gasteiger partial charge in [0.25, 0.3) is 5.56 Å². The van der Waals surface area contributed by atoms with Crippen LogP contribution < -0.4 is 15.8 Å². The molecule has 0 aliphatic carbocycles. The number of piperazine rings is 1. The van der Waals surface area contributed by atoms with Crippen LogP contribution in [-0.4, -0.2) is 64.2 Å². The van der Waals surface area contributed by atoms with Gasteiger partial charge in [-0.25, -0.2) is 4.98 Å². The molecule has 38 heavy (non-hydrogen) atoms. The molecule has 1 aliphatic heterocycles. The molecule has 4 N–H and O–H groups in total. The molecule has 2 aromatic carbocycles. The lowest BCUT2D eigenvalue weighted by Crippen LogP contribution is -2.46. The molecule has 0 saturated carbocycles. The Morgan fingerprint density at radius 3 is 2.79 bits per heavy atom. The van der Waals surface area contributed by atoms with Gasteiger partial charge in [-0.15, -0.1) is 0 Å². The first kappa shape index (κ1) is 25.8. The summed E-state index contributed by atoms with van der Waals surface area (Å²) >= 11 is 6.06. The topological polar surface area (TPSA) is 124 Å². The molecule has 2 aromatic heterocycles. The van der Waals surface area contributed by atoms with Crippen molar-refractivity contribution >= 4 is 34.0 Å². The van der Waals surface area contributed by atoms with Crippen LogP contribution in [0, 0.1) is 18.3 Å². The van der Waals surface area contributed by atoms with E-state index < -0.39 is 6.10 Å². The predicted octanol–water partition coefficient (Wildman–Crippen LogP) is 4.06. The number of imidazole rings is 1. The highest BCUT2D eigenvalue weighted by Crippen LogP contribution is 2.30. The number of nitrogens with one attached hydrogen (secondary N) is 3. The molecule has 10 heteroatoms. The second-order valence-corrected chi connectivity index (χ2v) is 9.96. The third-order valence-electron chi connectivity index (χ3n) is 6.97. The quantitative estimate of drug-likeness (QED) is 0.270. The Kier molecular flexibility index (Phi) is 7.65. The summed E-state index contributed by atoms with van der Waals surface area (Å²) in [6.07, 6.45) is 1.32. The normalized spacial score (nSPS) is 14.9. The van der Waals surface area contributed by atoms with E-state index in [-0.39, 0.29) is 12.1 Å². The van der Waals surface area contributed by atoms with Gasteiger partial charge < -0.3 is 25.3 Å². The van der Waals surface area contributed by atoms with Crippen LogP contribution in [-0.2, 0) is 0 Å². The molecular formula is C28H30ClN7O2. The molecular weight excluding hydrogens is 502 g/mol. The molecule has 1 saturated heterocycles. The first-order valence-electron chi connectivity index (χ1n) is 12.7. The van der Waals surface area contributed by atoms with E-state index in [0.29, 0.717) is 34.1 Å². The molecule has 5 rings (SSSR count). The van der Waals surface area contributed by atoms with E-state index in [1.165, 1.54) is 0 Å². The highest BCUT2D eigenvalue weighted by Gasteiger charge is 2.20. The van der Waals surface area contributed by atoms with E-state index in [1.807, 2.05) is 13.0 Å². The Hall–Kier alpha value is -3.84. The molecule has 0 radical (unpaired) electrons. The standard InChI is InChI=1S/C28H30ClN7O2/c1-18-14-21(36-12-10-35(11-13-36)9-3-7-30)16-23-26(18)34-27(33-23)25-22(6-8-31-28(25)38)32-17-24(37)19-4-2-5-20(29)15-19/h2,4-6,8,14-16,24,37H,3,9-13,17H2,1H3,(H,33,34)(H2,31,32,38). The van der Waals surface area contributed by atoms with Crippen molar-refractivity contribution in [3.05, 3.63) is 75.2 Å². The van der Waals surface area contributed by atoms with Crippen LogP contribution in [0.1, 0.15) is 23.7 Å². The predicted molar refractivity (Wildman–Crippen MR) is 151 cm³/mol. The number of fused-ring (bicyclic) bond motifs is 1. The van der Waals surface area contributed by atoms with Crippen LogP contribution in [0.15, 0.2) is 53.5 Å².